The van der Waals surface area contributed by atoms with Gasteiger partial charge in [-0.05, 0) is 6.07 Å². The highest BCUT2D eigenvalue weighted by atomic mass is 19.4. The second-order valence-electron chi connectivity index (χ2n) is 2.52. The van der Waals surface area contributed by atoms with Crippen LogP contribution in [0.5, 0.6) is 5.88 Å². The van der Waals surface area contributed by atoms with Crippen molar-refractivity contribution in [1.29, 1.82) is 0 Å². The summed E-state index contributed by atoms with van der Waals surface area (Å²) in [6.45, 7) is 0. The van der Waals surface area contributed by atoms with Crippen LogP contribution in [0.2, 0.25) is 0 Å². The third-order valence-electron chi connectivity index (χ3n) is 1.28. The molecule has 1 heterocycles. The summed E-state index contributed by atoms with van der Waals surface area (Å²) in [7, 11) is 0. The van der Waals surface area contributed by atoms with E-state index in [1.54, 1.807) is 6.07 Å². The number of ether oxygens (including phenoxy) is 1. The van der Waals surface area contributed by atoms with E-state index in [-0.39, 0.29) is 5.88 Å². The van der Waals surface area contributed by atoms with Crippen molar-refractivity contribution in [2.24, 2.45) is 0 Å². The second-order valence-corrected chi connectivity index (χ2v) is 2.52. The molecule has 0 radical (unpaired) electrons. The summed E-state index contributed by atoms with van der Waals surface area (Å²) < 4.78 is 51.9. The summed E-state index contributed by atoms with van der Waals surface area (Å²) in [6, 6.07) is 4.31. The van der Waals surface area contributed by atoms with Gasteiger partial charge in [-0.15, -0.1) is 0 Å². The van der Waals surface area contributed by atoms with E-state index in [0.29, 0.717) is 0 Å². The third kappa shape index (κ3) is 4.06. The molecule has 0 amide bonds. The zero-order chi connectivity index (χ0) is 10.6. The summed E-state index contributed by atoms with van der Waals surface area (Å²) >= 11 is 0. The van der Waals surface area contributed by atoms with Gasteiger partial charge in [0.15, 0.2) is 0 Å². The zero-order valence-corrected chi connectivity index (χ0v) is 6.96. The zero-order valence-electron chi connectivity index (χ0n) is 6.96. The lowest BCUT2D eigenvalue weighted by molar-refractivity contribution is -0.166. The fraction of sp³-hybridized carbons (Fsp3) is 0.375. The van der Waals surface area contributed by atoms with Crippen molar-refractivity contribution < 1.29 is 22.3 Å². The molecule has 0 aliphatic heterocycles. The standard InChI is InChI=1S/C8H7F4NO/c9-6(5-8(10,11)12)14-7-3-1-2-4-13-7/h1-4,6H,5H2. The largest absolute Gasteiger partial charge is 0.443 e. The number of alkyl halides is 4. The normalized spacial score (nSPS) is 13.7. The van der Waals surface area contributed by atoms with Gasteiger partial charge in [0.2, 0.25) is 12.2 Å². The summed E-state index contributed by atoms with van der Waals surface area (Å²) in [5, 5.41) is 0. The minimum absolute atomic E-state index is 0.163. The van der Waals surface area contributed by atoms with Gasteiger partial charge in [0.1, 0.15) is 6.42 Å². The highest BCUT2D eigenvalue weighted by Crippen LogP contribution is 2.24. The molecule has 0 fully saturated rings. The molecular formula is C8H7F4NO. The summed E-state index contributed by atoms with van der Waals surface area (Å²) in [4.78, 5) is 3.52. The average Bonchev–Trinajstić information content (AvgIpc) is 2.02. The number of hydrogen-bond donors (Lipinski definition) is 0. The first kappa shape index (κ1) is 10.7. The van der Waals surface area contributed by atoms with Crippen LogP contribution < -0.4 is 4.74 Å². The Labute approximate surface area is 77.5 Å². The minimum Gasteiger partial charge on any atom is -0.443 e. The number of nitrogens with zero attached hydrogens (tertiary/aromatic N) is 1. The van der Waals surface area contributed by atoms with E-state index in [1.807, 2.05) is 0 Å². The van der Waals surface area contributed by atoms with Crippen molar-refractivity contribution >= 4 is 0 Å². The Hall–Kier alpha value is -1.33. The van der Waals surface area contributed by atoms with Gasteiger partial charge in [-0.25, -0.2) is 9.37 Å². The van der Waals surface area contributed by atoms with Crippen LogP contribution in [-0.2, 0) is 0 Å². The Kier molecular flexibility index (Phi) is 3.27. The maximum atomic E-state index is 12.6. The maximum Gasteiger partial charge on any atom is 0.395 e. The Morgan fingerprint density at radius 3 is 2.57 bits per heavy atom. The summed E-state index contributed by atoms with van der Waals surface area (Å²) in [6.07, 6.45) is -7.32. The molecule has 1 rings (SSSR count). The van der Waals surface area contributed by atoms with Gasteiger partial charge in [-0.2, -0.15) is 13.2 Å². The van der Waals surface area contributed by atoms with Gasteiger partial charge in [0.05, 0.1) is 0 Å². The van der Waals surface area contributed by atoms with Crippen LogP contribution in [0.1, 0.15) is 6.42 Å². The maximum absolute atomic E-state index is 12.6. The van der Waals surface area contributed by atoms with Crippen LogP contribution in [0, 0.1) is 0 Å². The molecule has 0 N–H and O–H groups in total. The first-order valence-electron chi connectivity index (χ1n) is 3.76. The molecule has 0 spiro atoms. The van der Waals surface area contributed by atoms with Crippen LogP contribution in [0.25, 0.3) is 0 Å². The lowest BCUT2D eigenvalue weighted by atomic mass is 10.4. The van der Waals surface area contributed by atoms with Crippen molar-refractivity contribution in [3.8, 4) is 5.88 Å². The second kappa shape index (κ2) is 4.26. The Balaban J connectivity index is 2.46. The Morgan fingerprint density at radius 1 is 1.36 bits per heavy atom. The van der Waals surface area contributed by atoms with E-state index >= 15 is 0 Å². The molecule has 1 atom stereocenters. The van der Waals surface area contributed by atoms with Crippen molar-refractivity contribution in [3.05, 3.63) is 24.4 Å². The number of hydrogen-bond acceptors (Lipinski definition) is 2. The molecule has 0 saturated heterocycles. The SMILES string of the molecule is FC(CC(F)(F)F)Oc1ccccn1. The van der Waals surface area contributed by atoms with Crippen LogP contribution >= 0.6 is 0 Å². The third-order valence-corrected chi connectivity index (χ3v) is 1.28. The van der Waals surface area contributed by atoms with Crippen molar-refractivity contribution in [3.63, 3.8) is 0 Å². The molecule has 14 heavy (non-hydrogen) atoms. The lowest BCUT2D eigenvalue weighted by Crippen LogP contribution is -2.21. The van der Waals surface area contributed by atoms with Crippen molar-refractivity contribution in [2.45, 2.75) is 19.0 Å². The quantitative estimate of drug-likeness (QED) is 0.714. The Morgan fingerprint density at radius 2 is 2.07 bits per heavy atom. The predicted octanol–water partition coefficient (Wildman–Crippen LogP) is 2.71. The van der Waals surface area contributed by atoms with E-state index in [2.05, 4.69) is 9.72 Å². The average molecular weight is 209 g/mol. The van der Waals surface area contributed by atoms with Gasteiger partial charge in [-0.3, -0.25) is 0 Å². The topological polar surface area (TPSA) is 22.1 Å². The van der Waals surface area contributed by atoms with Gasteiger partial charge in [0.25, 0.3) is 0 Å². The number of pyridine rings is 1. The predicted molar refractivity (Wildman–Crippen MR) is 40.4 cm³/mol. The highest BCUT2D eigenvalue weighted by Gasteiger charge is 2.33. The molecule has 0 aromatic carbocycles. The molecule has 78 valence electrons. The van der Waals surface area contributed by atoms with Gasteiger partial charge in [0, 0.05) is 12.3 Å². The first-order valence-corrected chi connectivity index (χ1v) is 3.76. The molecule has 2 nitrogen and oxygen atoms in total. The number of rotatable bonds is 3. The summed E-state index contributed by atoms with van der Waals surface area (Å²) in [5.74, 6) is -0.163. The van der Waals surface area contributed by atoms with Crippen LogP contribution in [-0.4, -0.2) is 17.5 Å². The molecule has 0 bridgehead atoms. The number of halogens is 4. The van der Waals surface area contributed by atoms with E-state index in [4.69, 9.17) is 0 Å². The fourth-order valence-electron chi connectivity index (χ4n) is 0.771. The molecule has 1 aromatic rings. The molecule has 0 aliphatic carbocycles. The van der Waals surface area contributed by atoms with Crippen molar-refractivity contribution in [1.82, 2.24) is 4.98 Å². The number of aromatic nitrogens is 1. The van der Waals surface area contributed by atoms with Crippen LogP contribution in [0.15, 0.2) is 24.4 Å². The molecule has 0 aliphatic rings. The lowest BCUT2D eigenvalue weighted by Gasteiger charge is -2.12. The monoisotopic (exact) mass is 209 g/mol. The molecule has 1 aromatic heterocycles. The molecular weight excluding hydrogens is 202 g/mol. The molecule has 6 heteroatoms. The van der Waals surface area contributed by atoms with E-state index in [9.17, 15) is 17.6 Å². The van der Waals surface area contributed by atoms with Gasteiger partial charge >= 0.3 is 6.18 Å². The smallest absolute Gasteiger partial charge is 0.395 e. The first-order chi connectivity index (χ1) is 6.47. The van der Waals surface area contributed by atoms with E-state index < -0.39 is 19.0 Å². The van der Waals surface area contributed by atoms with Gasteiger partial charge in [-0.1, -0.05) is 6.07 Å². The van der Waals surface area contributed by atoms with Crippen molar-refractivity contribution in [2.75, 3.05) is 0 Å². The fourth-order valence-corrected chi connectivity index (χ4v) is 0.771. The van der Waals surface area contributed by atoms with Gasteiger partial charge < -0.3 is 4.74 Å². The minimum atomic E-state index is -4.58. The molecule has 1 unspecified atom stereocenters. The van der Waals surface area contributed by atoms with Crippen LogP contribution in [0.3, 0.4) is 0 Å². The van der Waals surface area contributed by atoms with E-state index in [0.717, 1.165) is 0 Å². The molecule has 0 saturated carbocycles. The summed E-state index contributed by atoms with van der Waals surface area (Å²) in [5.41, 5.74) is 0. The van der Waals surface area contributed by atoms with Crippen LogP contribution in [0.4, 0.5) is 17.6 Å². The van der Waals surface area contributed by atoms with E-state index in [1.165, 1.54) is 18.3 Å². The highest BCUT2D eigenvalue weighted by molar-refractivity contribution is 5.09. The Bertz CT molecular complexity index is 274.